The molecule has 4 nitrogen and oxygen atoms in total. The zero-order chi connectivity index (χ0) is 17.4. The molecule has 0 saturated heterocycles. The Balaban J connectivity index is 2.11. The van der Waals surface area contributed by atoms with Crippen LogP contribution in [0.15, 0.2) is 66.3 Å². The summed E-state index contributed by atoms with van der Waals surface area (Å²) < 4.78 is 5.25. The van der Waals surface area contributed by atoms with Crippen LogP contribution in [0.3, 0.4) is 0 Å². The highest BCUT2D eigenvalue weighted by molar-refractivity contribution is 6.06. The SMILES string of the molecule is COc1ccccc1/C=C/C=C(\C#N)C(=O)Nc1ccc(C)cc1. The third-order valence-corrected chi connectivity index (χ3v) is 3.35. The Morgan fingerprint density at radius 3 is 2.54 bits per heavy atom. The van der Waals surface area contributed by atoms with Crippen LogP contribution in [0.25, 0.3) is 6.08 Å². The molecule has 24 heavy (non-hydrogen) atoms. The van der Waals surface area contributed by atoms with Crippen LogP contribution >= 0.6 is 0 Å². The van der Waals surface area contributed by atoms with Crippen molar-refractivity contribution in [2.75, 3.05) is 12.4 Å². The number of aryl methyl sites for hydroxylation is 1. The Kier molecular flexibility index (Phi) is 5.93. The first kappa shape index (κ1) is 17.0. The first-order chi connectivity index (χ1) is 11.6. The molecule has 2 aromatic rings. The largest absolute Gasteiger partial charge is 0.496 e. The smallest absolute Gasteiger partial charge is 0.266 e. The van der Waals surface area contributed by atoms with Gasteiger partial charge < -0.3 is 10.1 Å². The van der Waals surface area contributed by atoms with E-state index >= 15 is 0 Å². The third kappa shape index (κ3) is 4.59. The van der Waals surface area contributed by atoms with Crippen molar-refractivity contribution in [1.29, 1.82) is 5.26 Å². The van der Waals surface area contributed by atoms with Gasteiger partial charge in [-0.15, -0.1) is 0 Å². The number of amides is 1. The lowest BCUT2D eigenvalue weighted by molar-refractivity contribution is -0.112. The molecule has 1 amide bonds. The number of anilines is 1. The number of nitrogens with one attached hydrogen (secondary N) is 1. The second kappa shape index (κ2) is 8.35. The lowest BCUT2D eigenvalue weighted by Crippen LogP contribution is -2.13. The van der Waals surface area contributed by atoms with Crippen LogP contribution in [0, 0.1) is 18.3 Å². The number of hydrogen-bond acceptors (Lipinski definition) is 3. The fraction of sp³-hybridized carbons (Fsp3) is 0.100. The maximum absolute atomic E-state index is 12.1. The molecule has 0 bridgehead atoms. The highest BCUT2D eigenvalue weighted by Gasteiger charge is 2.08. The summed E-state index contributed by atoms with van der Waals surface area (Å²) in [5.74, 6) is 0.288. The number of benzene rings is 2. The van der Waals surface area contributed by atoms with Crippen molar-refractivity contribution in [2.24, 2.45) is 0 Å². The van der Waals surface area contributed by atoms with Crippen molar-refractivity contribution in [3.05, 3.63) is 77.4 Å². The number of carbonyl (C=O) groups is 1. The van der Waals surface area contributed by atoms with Crippen molar-refractivity contribution in [2.45, 2.75) is 6.92 Å². The number of nitrogens with zero attached hydrogens (tertiary/aromatic N) is 1. The van der Waals surface area contributed by atoms with Gasteiger partial charge in [0.1, 0.15) is 17.4 Å². The predicted octanol–water partition coefficient (Wildman–Crippen LogP) is 4.11. The van der Waals surface area contributed by atoms with E-state index in [0.717, 1.165) is 16.9 Å². The van der Waals surface area contributed by atoms with Gasteiger partial charge in [-0.2, -0.15) is 5.26 Å². The van der Waals surface area contributed by atoms with E-state index in [1.165, 1.54) is 6.08 Å². The molecule has 0 aromatic heterocycles. The summed E-state index contributed by atoms with van der Waals surface area (Å²) in [5, 5.41) is 11.9. The minimum absolute atomic E-state index is 0.0294. The average molecular weight is 318 g/mol. The molecule has 0 saturated carbocycles. The van der Waals surface area contributed by atoms with E-state index in [-0.39, 0.29) is 5.57 Å². The topological polar surface area (TPSA) is 62.1 Å². The van der Waals surface area contributed by atoms with Gasteiger partial charge in [0, 0.05) is 11.3 Å². The van der Waals surface area contributed by atoms with E-state index in [2.05, 4.69) is 5.32 Å². The first-order valence-corrected chi connectivity index (χ1v) is 7.43. The van der Waals surface area contributed by atoms with Gasteiger partial charge in [-0.3, -0.25) is 4.79 Å². The number of carbonyl (C=O) groups excluding carboxylic acids is 1. The number of rotatable bonds is 5. The molecule has 0 aliphatic heterocycles. The van der Waals surface area contributed by atoms with Crippen LogP contribution in [0.4, 0.5) is 5.69 Å². The lowest BCUT2D eigenvalue weighted by Gasteiger charge is -2.04. The number of methoxy groups -OCH3 is 1. The van der Waals surface area contributed by atoms with Gasteiger partial charge in [0.25, 0.3) is 5.91 Å². The van der Waals surface area contributed by atoms with E-state index in [9.17, 15) is 10.1 Å². The minimum atomic E-state index is -0.439. The van der Waals surface area contributed by atoms with Crippen molar-refractivity contribution >= 4 is 17.7 Å². The summed E-state index contributed by atoms with van der Waals surface area (Å²) in [6.07, 6.45) is 4.93. The maximum Gasteiger partial charge on any atom is 0.266 e. The molecule has 1 N–H and O–H groups in total. The fourth-order valence-corrected chi connectivity index (χ4v) is 2.05. The summed E-state index contributed by atoms with van der Waals surface area (Å²) in [4.78, 5) is 12.1. The molecular weight excluding hydrogens is 300 g/mol. The Labute approximate surface area is 141 Å². The Morgan fingerprint density at radius 2 is 1.88 bits per heavy atom. The second-order valence-corrected chi connectivity index (χ2v) is 5.11. The number of nitriles is 1. The quantitative estimate of drug-likeness (QED) is 0.513. The van der Waals surface area contributed by atoms with Crippen molar-refractivity contribution in [3.63, 3.8) is 0 Å². The van der Waals surface area contributed by atoms with Crippen LogP contribution in [-0.2, 0) is 4.79 Å². The van der Waals surface area contributed by atoms with Crippen molar-refractivity contribution in [3.8, 4) is 11.8 Å². The van der Waals surface area contributed by atoms with Crippen molar-refractivity contribution < 1.29 is 9.53 Å². The van der Waals surface area contributed by atoms with Gasteiger partial charge in [0.05, 0.1) is 7.11 Å². The normalized spacial score (nSPS) is 11.1. The van der Waals surface area contributed by atoms with Gasteiger partial charge in [-0.25, -0.2) is 0 Å². The van der Waals surface area contributed by atoms with E-state index in [1.54, 1.807) is 31.4 Å². The molecule has 0 fully saturated rings. The summed E-state index contributed by atoms with van der Waals surface area (Å²) in [6, 6.07) is 16.8. The predicted molar refractivity (Wildman–Crippen MR) is 95.5 cm³/mol. The highest BCUT2D eigenvalue weighted by Crippen LogP contribution is 2.18. The lowest BCUT2D eigenvalue weighted by atomic mass is 10.1. The van der Waals surface area contributed by atoms with Crippen LogP contribution in [0.1, 0.15) is 11.1 Å². The minimum Gasteiger partial charge on any atom is -0.496 e. The molecule has 0 atom stereocenters. The Bertz CT molecular complexity index is 812. The highest BCUT2D eigenvalue weighted by atomic mass is 16.5. The molecule has 2 rings (SSSR count). The average Bonchev–Trinajstić information content (AvgIpc) is 2.61. The van der Waals surface area contributed by atoms with Gasteiger partial charge in [0.2, 0.25) is 0 Å². The maximum atomic E-state index is 12.1. The molecular formula is C20H18N2O2. The van der Waals surface area contributed by atoms with Crippen molar-refractivity contribution in [1.82, 2.24) is 0 Å². The molecule has 0 heterocycles. The second-order valence-electron chi connectivity index (χ2n) is 5.11. The summed E-state index contributed by atoms with van der Waals surface area (Å²) >= 11 is 0. The number of ether oxygens (including phenoxy) is 1. The number of para-hydroxylation sites is 1. The van der Waals surface area contributed by atoms with Crippen LogP contribution < -0.4 is 10.1 Å². The van der Waals surface area contributed by atoms with E-state index < -0.39 is 5.91 Å². The number of hydrogen-bond donors (Lipinski definition) is 1. The molecule has 0 unspecified atom stereocenters. The third-order valence-electron chi connectivity index (χ3n) is 3.35. The molecule has 0 spiro atoms. The molecule has 4 heteroatoms. The summed E-state index contributed by atoms with van der Waals surface area (Å²) in [7, 11) is 1.60. The molecule has 2 aromatic carbocycles. The van der Waals surface area contributed by atoms with Gasteiger partial charge in [-0.1, -0.05) is 48.0 Å². The molecule has 0 aliphatic carbocycles. The van der Waals surface area contributed by atoms with E-state index in [0.29, 0.717) is 5.69 Å². The fourth-order valence-electron chi connectivity index (χ4n) is 2.05. The van der Waals surface area contributed by atoms with Crippen LogP contribution in [-0.4, -0.2) is 13.0 Å². The molecule has 0 radical (unpaired) electrons. The molecule has 120 valence electrons. The van der Waals surface area contributed by atoms with Gasteiger partial charge in [-0.05, 0) is 31.2 Å². The standard InChI is InChI=1S/C20H18N2O2/c1-15-10-12-18(13-11-15)22-20(23)17(14-21)8-5-7-16-6-3-4-9-19(16)24-2/h3-13H,1-2H3,(H,22,23)/b7-5+,17-8+. The van der Waals surface area contributed by atoms with E-state index in [4.69, 9.17) is 4.74 Å². The molecule has 0 aliphatic rings. The van der Waals surface area contributed by atoms with Gasteiger partial charge >= 0.3 is 0 Å². The summed E-state index contributed by atoms with van der Waals surface area (Å²) in [6.45, 7) is 1.97. The number of allylic oxidation sites excluding steroid dienone is 2. The first-order valence-electron chi connectivity index (χ1n) is 7.43. The Morgan fingerprint density at radius 1 is 1.17 bits per heavy atom. The monoisotopic (exact) mass is 318 g/mol. The zero-order valence-electron chi connectivity index (χ0n) is 13.6. The van der Waals surface area contributed by atoms with Crippen LogP contribution in [0.5, 0.6) is 5.75 Å². The van der Waals surface area contributed by atoms with E-state index in [1.807, 2.05) is 49.4 Å². The Hall–Kier alpha value is -3.32. The zero-order valence-corrected chi connectivity index (χ0v) is 13.6. The van der Waals surface area contributed by atoms with Crippen LogP contribution in [0.2, 0.25) is 0 Å². The van der Waals surface area contributed by atoms with Gasteiger partial charge in [0.15, 0.2) is 0 Å². The summed E-state index contributed by atoms with van der Waals surface area (Å²) in [5.41, 5.74) is 2.65.